The molecule has 0 unspecified atom stereocenters. The number of thiazole rings is 1. The summed E-state index contributed by atoms with van der Waals surface area (Å²) in [4.78, 5) is 14.6. The first-order chi connectivity index (χ1) is 5.74. The van der Waals surface area contributed by atoms with Crippen LogP contribution in [0.5, 0.6) is 5.19 Å². The average Bonchev–Trinajstić information content (AvgIpc) is 2.55. The fourth-order valence-corrected chi connectivity index (χ4v) is 0.987. The van der Waals surface area contributed by atoms with Gasteiger partial charge in [-0.15, -0.1) is 0 Å². The Labute approximate surface area is 72.8 Å². The highest BCUT2D eigenvalue weighted by Crippen LogP contribution is 2.13. The molecule has 12 heavy (non-hydrogen) atoms. The summed E-state index contributed by atoms with van der Waals surface area (Å²) in [5, 5.41) is 10.4. The van der Waals surface area contributed by atoms with E-state index in [9.17, 15) is 4.79 Å². The van der Waals surface area contributed by atoms with E-state index in [1.165, 1.54) is 17.5 Å². The number of hydrogen-bond donors (Lipinski definition) is 2. The van der Waals surface area contributed by atoms with Gasteiger partial charge < -0.3 is 15.6 Å². The van der Waals surface area contributed by atoms with Crippen molar-refractivity contribution in [3.8, 4) is 5.19 Å². The van der Waals surface area contributed by atoms with Gasteiger partial charge in [0.05, 0.1) is 6.61 Å². The number of aliphatic hydroxyl groups is 1. The number of hydrogen-bond acceptors (Lipinski definition) is 6. The minimum atomic E-state index is -0.992. The summed E-state index contributed by atoms with van der Waals surface area (Å²) < 4.78 is 4.69. The molecule has 0 aliphatic rings. The molecule has 0 fully saturated rings. The molecule has 0 radical (unpaired) electrons. The second kappa shape index (κ2) is 4.15. The quantitative estimate of drug-likeness (QED) is 0.617. The van der Waals surface area contributed by atoms with Crippen LogP contribution in [-0.2, 0) is 4.79 Å². The lowest BCUT2D eigenvalue weighted by atomic mass is 10.3. The van der Waals surface area contributed by atoms with Gasteiger partial charge in [0.1, 0.15) is 6.04 Å². The summed E-state index contributed by atoms with van der Waals surface area (Å²) in [7, 11) is 0. The number of carbonyl (C=O) groups is 1. The van der Waals surface area contributed by atoms with Crippen LogP contribution < -0.4 is 10.5 Å². The van der Waals surface area contributed by atoms with Crippen molar-refractivity contribution in [3.63, 3.8) is 0 Å². The van der Waals surface area contributed by atoms with Crippen molar-refractivity contribution in [3.05, 3.63) is 11.6 Å². The zero-order chi connectivity index (χ0) is 8.97. The topological polar surface area (TPSA) is 85.4 Å². The highest BCUT2D eigenvalue weighted by Gasteiger charge is 2.15. The Morgan fingerprint density at radius 1 is 1.92 bits per heavy atom. The smallest absolute Gasteiger partial charge is 0.332 e. The molecular formula is C6H8N2O3S. The largest absolute Gasteiger partial charge is 0.397 e. The monoisotopic (exact) mass is 188 g/mol. The Hall–Kier alpha value is -0.980. The molecule has 0 spiro atoms. The zero-order valence-corrected chi connectivity index (χ0v) is 6.95. The predicted octanol–water partition coefficient (Wildman–Crippen LogP) is -0.632. The number of aromatic nitrogens is 1. The van der Waals surface area contributed by atoms with E-state index >= 15 is 0 Å². The molecule has 0 amide bonds. The predicted molar refractivity (Wildman–Crippen MR) is 42.8 cm³/mol. The third kappa shape index (κ3) is 2.26. The molecule has 0 aliphatic carbocycles. The van der Waals surface area contributed by atoms with Crippen LogP contribution in [0.4, 0.5) is 0 Å². The Morgan fingerprint density at radius 3 is 3.17 bits per heavy atom. The minimum absolute atomic E-state index is 0.240. The summed E-state index contributed by atoms with van der Waals surface area (Å²) in [6.07, 6.45) is 1.51. The van der Waals surface area contributed by atoms with Crippen LogP contribution in [0.15, 0.2) is 11.6 Å². The van der Waals surface area contributed by atoms with Crippen molar-refractivity contribution in [2.24, 2.45) is 5.73 Å². The van der Waals surface area contributed by atoms with Gasteiger partial charge >= 0.3 is 5.97 Å². The number of esters is 1. The van der Waals surface area contributed by atoms with Gasteiger partial charge in [-0.05, 0) is 0 Å². The number of rotatable bonds is 3. The highest BCUT2D eigenvalue weighted by atomic mass is 32.1. The average molecular weight is 188 g/mol. The second-order valence-electron chi connectivity index (χ2n) is 2.01. The maximum atomic E-state index is 10.9. The molecule has 1 heterocycles. The van der Waals surface area contributed by atoms with Crippen LogP contribution >= 0.6 is 11.3 Å². The molecule has 1 aromatic rings. The van der Waals surface area contributed by atoms with Crippen LogP contribution in [-0.4, -0.2) is 28.7 Å². The van der Waals surface area contributed by atoms with Crippen molar-refractivity contribution in [1.82, 2.24) is 4.98 Å². The highest BCUT2D eigenvalue weighted by molar-refractivity contribution is 7.11. The van der Waals surface area contributed by atoms with E-state index < -0.39 is 18.6 Å². The third-order valence-corrected chi connectivity index (χ3v) is 1.75. The number of nitrogens with two attached hydrogens (primary N) is 1. The molecule has 0 bridgehead atoms. The summed E-state index contributed by atoms with van der Waals surface area (Å²) >= 11 is 1.19. The van der Waals surface area contributed by atoms with Gasteiger partial charge in [-0.3, -0.25) is 0 Å². The molecule has 6 heteroatoms. The molecule has 66 valence electrons. The summed E-state index contributed by atoms with van der Waals surface area (Å²) in [5.74, 6) is -0.674. The number of nitrogens with zero attached hydrogens (tertiary/aromatic N) is 1. The van der Waals surface area contributed by atoms with Gasteiger partial charge in [-0.25, -0.2) is 9.78 Å². The standard InChI is InChI=1S/C6H8N2O3S/c7-4(3-9)5(10)11-6-8-1-2-12-6/h1-2,4,9H,3,7H2/t4-/m0/s1. The van der Waals surface area contributed by atoms with Gasteiger partial charge in [0, 0.05) is 11.6 Å². The van der Waals surface area contributed by atoms with E-state index in [2.05, 4.69) is 4.98 Å². The lowest BCUT2D eigenvalue weighted by molar-refractivity contribution is -0.136. The Bertz CT molecular complexity index is 249. The summed E-state index contributed by atoms with van der Waals surface area (Å²) in [6.45, 7) is -0.426. The maximum Gasteiger partial charge on any atom is 0.332 e. The van der Waals surface area contributed by atoms with E-state index in [0.717, 1.165) is 0 Å². The van der Waals surface area contributed by atoms with Crippen molar-refractivity contribution in [2.45, 2.75) is 6.04 Å². The lowest BCUT2D eigenvalue weighted by Crippen LogP contribution is -2.37. The van der Waals surface area contributed by atoms with Crippen molar-refractivity contribution >= 4 is 17.3 Å². The minimum Gasteiger partial charge on any atom is -0.397 e. The van der Waals surface area contributed by atoms with Crippen molar-refractivity contribution in [2.75, 3.05) is 6.61 Å². The van der Waals surface area contributed by atoms with E-state index in [1.807, 2.05) is 0 Å². The Morgan fingerprint density at radius 2 is 2.67 bits per heavy atom. The van der Waals surface area contributed by atoms with Crippen LogP contribution in [0, 0.1) is 0 Å². The molecule has 3 N–H and O–H groups in total. The van der Waals surface area contributed by atoms with E-state index in [0.29, 0.717) is 0 Å². The van der Waals surface area contributed by atoms with Crippen LogP contribution in [0.25, 0.3) is 0 Å². The normalized spacial score (nSPS) is 12.5. The fourth-order valence-electron chi connectivity index (χ4n) is 0.497. The third-order valence-electron chi connectivity index (χ3n) is 1.10. The van der Waals surface area contributed by atoms with Gasteiger partial charge in [0.25, 0.3) is 5.19 Å². The van der Waals surface area contributed by atoms with Crippen molar-refractivity contribution < 1.29 is 14.6 Å². The summed E-state index contributed by atoms with van der Waals surface area (Å²) in [5.41, 5.74) is 5.19. The first-order valence-electron chi connectivity index (χ1n) is 3.21. The zero-order valence-electron chi connectivity index (χ0n) is 6.14. The SMILES string of the molecule is N[C@@H](CO)C(=O)Oc1nccs1. The molecule has 0 saturated heterocycles. The molecule has 1 aromatic heterocycles. The maximum absolute atomic E-state index is 10.9. The molecule has 0 aromatic carbocycles. The van der Waals surface area contributed by atoms with Crippen LogP contribution in [0.1, 0.15) is 0 Å². The number of aliphatic hydroxyl groups excluding tert-OH is 1. The van der Waals surface area contributed by atoms with Crippen LogP contribution in [0.2, 0.25) is 0 Å². The Kier molecular flexibility index (Phi) is 3.15. The molecule has 5 nitrogen and oxygen atoms in total. The van der Waals surface area contributed by atoms with Gasteiger partial charge in [0.2, 0.25) is 0 Å². The fraction of sp³-hybridized carbons (Fsp3) is 0.333. The van der Waals surface area contributed by atoms with E-state index in [4.69, 9.17) is 15.6 Å². The molecule has 0 aliphatic heterocycles. The van der Waals surface area contributed by atoms with E-state index in [1.54, 1.807) is 5.38 Å². The second-order valence-corrected chi connectivity index (χ2v) is 2.87. The number of carbonyl (C=O) groups excluding carboxylic acids is 1. The van der Waals surface area contributed by atoms with Gasteiger partial charge in [-0.2, -0.15) is 0 Å². The molecule has 1 rings (SSSR count). The van der Waals surface area contributed by atoms with E-state index in [-0.39, 0.29) is 5.19 Å². The molecule has 1 atom stereocenters. The van der Waals surface area contributed by atoms with Gasteiger partial charge in [-0.1, -0.05) is 11.3 Å². The molecule has 0 saturated carbocycles. The van der Waals surface area contributed by atoms with Gasteiger partial charge in [0.15, 0.2) is 0 Å². The number of ether oxygens (including phenoxy) is 1. The summed E-state index contributed by atoms with van der Waals surface area (Å²) in [6, 6.07) is -0.992. The Balaban J connectivity index is 2.47. The van der Waals surface area contributed by atoms with Crippen molar-refractivity contribution in [1.29, 1.82) is 0 Å². The van der Waals surface area contributed by atoms with Crippen LogP contribution in [0.3, 0.4) is 0 Å². The molecular weight excluding hydrogens is 180 g/mol. The lowest BCUT2D eigenvalue weighted by Gasteiger charge is -2.04. The first kappa shape index (κ1) is 9.11. The first-order valence-corrected chi connectivity index (χ1v) is 4.09.